The van der Waals surface area contributed by atoms with Gasteiger partial charge < -0.3 is 5.32 Å². The topological polar surface area (TPSA) is 12.0 Å². The quantitative estimate of drug-likeness (QED) is 0.779. The van der Waals surface area contributed by atoms with Crippen molar-refractivity contribution < 1.29 is 0 Å². The molecule has 21 heavy (non-hydrogen) atoms. The lowest BCUT2D eigenvalue weighted by molar-refractivity contribution is 0.273. The molecule has 0 unspecified atom stereocenters. The van der Waals surface area contributed by atoms with Gasteiger partial charge in [0.05, 0.1) is 0 Å². The van der Waals surface area contributed by atoms with Crippen LogP contribution in [-0.2, 0) is 6.42 Å². The van der Waals surface area contributed by atoms with E-state index in [0.717, 1.165) is 6.54 Å². The summed E-state index contributed by atoms with van der Waals surface area (Å²) in [6.45, 7) is 21.5. The first-order valence-corrected chi connectivity index (χ1v) is 8.24. The molecule has 0 aromatic heterocycles. The molecule has 0 bridgehead atoms. The maximum atomic E-state index is 3.65. The maximum Gasteiger partial charge on any atom is 0.00967 e. The highest BCUT2D eigenvalue weighted by molar-refractivity contribution is 5.44. The molecule has 0 amide bonds. The number of aryl methyl sites for hydroxylation is 2. The van der Waals surface area contributed by atoms with Crippen molar-refractivity contribution in [3.8, 4) is 0 Å². The molecule has 1 aromatic carbocycles. The molecule has 0 fully saturated rings. The zero-order chi connectivity index (χ0) is 16.4. The Kier molecular flexibility index (Phi) is 5.66. The van der Waals surface area contributed by atoms with E-state index >= 15 is 0 Å². The van der Waals surface area contributed by atoms with Crippen LogP contribution >= 0.6 is 0 Å². The van der Waals surface area contributed by atoms with Gasteiger partial charge in [-0.25, -0.2) is 0 Å². The Morgan fingerprint density at radius 2 is 1.33 bits per heavy atom. The van der Waals surface area contributed by atoms with Gasteiger partial charge in [-0.15, -0.1) is 0 Å². The minimum absolute atomic E-state index is 0.197. The lowest BCUT2D eigenvalue weighted by atomic mass is 9.82. The fourth-order valence-corrected chi connectivity index (χ4v) is 2.73. The first-order chi connectivity index (χ1) is 9.43. The fraction of sp³-hybridized carbons (Fsp3) is 0.700. The molecule has 0 saturated carbocycles. The van der Waals surface area contributed by atoms with Crippen LogP contribution in [0.5, 0.6) is 0 Å². The van der Waals surface area contributed by atoms with E-state index in [4.69, 9.17) is 0 Å². The van der Waals surface area contributed by atoms with Gasteiger partial charge in [0.1, 0.15) is 0 Å². The minimum Gasteiger partial charge on any atom is -0.312 e. The van der Waals surface area contributed by atoms with Gasteiger partial charge in [-0.05, 0) is 94.5 Å². The predicted octanol–water partition coefficient (Wildman–Crippen LogP) is 5.27. The average molecular weight is 290 g/mol. The predicted molar refractivity (Wildman–Crippen MR) is 95.2 cm³/mol. The van der Waals surface area contributed by atoms with Crippen molar-refractivity contribution >= 4 is 0 Å². The Bertz CT molecular complexity index is 463. The number of hydrogen-bond donors (Lipinski definition) is 1. The van der Waals surface area contributed by atoms with Crippen LogP contribution in [0.3, 0.4) is 0 Å². The highest BCUT2D eigenvalue weighted by Gasteiger charge is 2.21. The van der Waals surface area contributed by atoms with Gasteiger partial charge in [0, 0.05) is 12.1 Å². The van der Waals surface area contributed by atoms with Crippen molar-refractivity contribution in [2.75, 3.05) is 6.54 Å². The summed E-state index contributed by atoms with van der Waals surface area (Å²) < 4.78 is 0. The molecular weight excluding hydrogens is 254 g/mol. The van der Waals surface area contributed by atoms with Gasteiger partial charge in [0.25, 0.3) is 0 Å². The van der Waals surface area contributed by atoms with Crippen LogP contribution in [0.2, 0.25) is 0 Å². The van der Waals surface area contributed by atoms with Gasteiger partial charge in [-0.2, -0.15) is 0 Å². The molecule has 1 nitrogen and oxygen atoms in total. The normalized spacial score (nSPS) is 12.8. The van der Waals surface area contributed by atoms with E-state index in [2.05, 4.69) is 73.7 Å². The molecule has 0 aliphatic carbocycles. The van der Waals surface area contributed by atoms with Crippen molar-refractivity contribution in [1.29, 1.82) is 0 Å². The van der Waals surface area contributed by atoms with Gasteiger partial charge in [-0.1, -0.05) is 19.9 Å². The largest absolute Gasteiger partial charge is 0.312 e. The van der Waals surface area contributed by atoms with Crippen LogP contribution in [0, 0.1) is 33.1 Å². The second-order valence-corrected chi connectivity index (χ2v) is 8.51. The standard InChI is InChI=1S/C20H35N/c1-14-12-15(2)17(4)18(16(14)3)10-11-20(8,9)13-21-19(5,6)7/h12,21H,10-11,13H2,1-9H3. The first kappa shape index (κ1) is 18.2. The Balaban J connectivity index is 2.79. The van der Waals surface area contributed by atoms with Gasteiger partial charge in [0.15, 0.2) is 0 Å². The molecule has 1 rings (SSSR count). The minimum atomic E-state index is 0.197. The molecule has 0 aliphatic heterocycles. The molecule has 1 N–H and O–H groups in total. The van der Waals surface area contributed by atoms with E-state index in [-0.39, 0.29) is 5.54 Å². The molecule has 0 atom stereocenters. The lowest BCUT2D eigenvalue weighted by Crippen LogP contribution is -2.42. The summed E-state index contributed by atoms with van der Waals surface area (Å²) in [5, 5.41) is 3.65. The molecule has 120 valence electrons. The van der Waals surface area contributed by atoms with Gasteiger partial charge >= 0.3 is 0 Å². The average Bonchev–Trinajstić information content (AvgIpc) is 2.33. The summed E-state index contributed by atoms with van der Waals surface area (Å²) in [4.78, 5) is 0. The van der Waals surface area contributed by atoms with Gasteiger partial charge in [0.2, 0.25) is 0 Å². The third-order valence-corrected chi connectivity index (χ3v) is 4.67. The third kappa shape index (κ3) is 5.47. The molecule has 0 aliphatic rings. The SMILES string of the molecule is Cc1cc(C)c(C)c(CCC(C)(C)CNC(C)(C)C)c1C. The van der Waals surface area contributed by atoms with E-state index in [9.17, 15) is 0 Å². The summed E-state index contributed by atoms with van der Waals surface area (Å²) in [5.41, 5.74) is 7.91. The van der Waals surface area contributed by atoms with Crippen LogP contribution in [-0.4, -0.2) is 12.1 Å². The number of nitrogens with one attached hydrogen (secondary N) is 1. The monoisotopic (exact) mass is 289 g/mol. The lowest BCUT2D eigenvalue weighted by Gasteiger charge is -2.31. The van der Waals surface area contributed by atoms with Crippen molar-refractivity contribution in [2.24, 2.45) is 5.41 Å². The summed E-state index contributed by atoms with van der Waals surface area (Å²) in [6.07, 6.45) is 2.40. The molecular formula is C20H35N. The number of hydrogen-bond acceptors (Lipinski definition) is 1. The Labute approximate surface area is 132 Å². The summed E-state index contributed by atoms with van der Waals surface area (Å²) in [6, 6.07) is 2.32. The zero-order valence-electron chi connectivity index (χ0n) is 15.7. The van der Waals surface area contributed by atoms with Gasteiger partial charge in [-0.3, -0.25) is 0 Å². The van der Waals surface area contributed by atoms with Crippen molar-refractivity contribution in [1.82, 2.24) is 5.32 Å². The van der Waals surface area contributed by atoms with Crippen molar-refractivity contribution in [3.05, 3.63) is 33.9 Å². The van der Waals surface area contributed by atoms with Crippen molar-refractivity contribution in [3.63, 3.8) is 0 Å². The highest BCUT2D eigenvalue weighted by atomic mass is 14.9. The van der Waals surface area contributed by atoms with Crippen LogP contribution in [0.4, 0.5) is 0 Å². The number of rotatable bonds is 5. The smallest absolute Gasteiger partial charge is 0.00967 e. The molecule has 1 aromatic rings. The Hall–Kier alpha value is -0.820. The van der Waals surface area contributed by atoms with Crippen molar-refractivity contribution in [2.45, 2.75) is 80.7 Å². The van der Waals surface area contributed by atoms with E-state index in [1.54, 1.807) is 5.56 Å². The maximum absolute atomic E-state index is 3.65. The second-order valence-electron chi connectivity index (χ2n) is 8.51. The Morgan fingerprint density at radius 1 is 0.857 bits per heavy atom. The van der Waals surface area contributed by atoms with Crippen LogP contribution in [0.25, 0.3) is 0 Å². The van der Waals surface area contributed by atoms with E-state index in [0.29, 0.717) is 5.41 Å². The highest BCUT2D eigenvalue weighted by Crippen LogP contribution is 2.28. The zero-order valence-corrected chi connectivity index (χ0v) is 15.7. The summed E-state index contributed by atoms with van der Waals surface area (Å²) in [7, 11) is 0. The molecule has 0 heterocycles. The van der Waals surface area contributed by atoms with Crippen LogP contribution in [0.15, 0.2) is 6.07 Å². The number of benzene rings is 1. The van der Waals surface area contributed by atoms with E-state index in [1.807, 2.05) is 0 Å². The first-order valence-electron chi connectivity index (χ1n) is 8.24. The molecule has 0 radical (unpaired) electrons. The van der Waals surface area contributed by atoms with Crippen LogP contribution in [0.1, 0.15) is 68.9 Å². The summed E-state index contributed by atoms with van der Waals surface area (Å²) in [5.74, 6) is 0. The Morgan fingerprint density at radius 3 is 1.76 bits per heavy atom. The molecule has 0 saturated heterocycles. The van der Waals surface area contributed by atoms with E-state index in [1.165, 1.54) is 35.1 Å². The van der Waals surface area contributed by atoms with E-state index < -0.39 is 0 Å². The third-order valence-electron chi connectivity index (χ3n) is 4.67. The second kappa shape index (κ2) is 6.52. The summed E-state index contributed by atoms with van der Waals surface area (Å²) >= 11 is 0. The van der Waals surface area contributed by atoms with Crippen LogP contribution < -0.4 is 5.32 Å². The fourth-order valence-electron chi connectivity index (χ4n) is 2.73. The molecule has 1 heteroatoms. The molecule has 0 spiro atoms.